The number of nitrogens with zero attached hydrogens (tertiary/aromatic N) is 1. The van der Waals surface area contributed by atoms with Gasteiger partial charge in [-0.3, -0.25) is 0 Å². The van der Waals surface area contributed by atoms with Gasteiger partial charge < -0.3 is 10.5 Å². The van der Waals surface area contributed by atoms with Crippen molar-refractivity contribution in [1.29, 1.82) is 5.26 Å². The zero-order valence-electron chi connectivity index (χ0n) is 8.45. The molecule has 0 heterocycles. The third-order valence-electron chi connectivity index (χ3n) is 2.02. The summed E-state index contributed by atoms with van der Waals surface area (Å²) in [4.78, 5) is 0. The molecule has 1 atom stereocenters. The molecule has 0 aromatic heterocycles. The number of nitriles is 1. The lowest BCUT2D eigenvalue weighted by Crippen LogP contribution is -2.14. The molecule has 0 aliphatic rings. The average molecular weight is 190 g/mol. The van der Waals surface area contributed by atoms with E-state index in [4.69, 9.17) is 15.7 Å². The van der Waals surface area contributed by atoms with E-state index in [1.54, 1.807) is 6.07 Å². The van der Waals surface area contributed by atoms with Gasteiger partial charge in [0.1, 0.15) is 11.8 Å². The van der Waals surface area contributed by atoms with Crippen LogP contribution in [-0.4, -0.2) is 6.10 Å². The standard InChI is InChI=1S/C11H14N2O/c1-3-9(7-12)14-11-8(2)5-4-6-10(11)13/h4-6,9H,3,13H2,1-2H3. The number of para-hydroxylation sites is 1. The molecule has 2 N–H and O–H groups in total. The summed E-state index contributed by atoms with van der Waals surface area (Å²) in [5.41, 5.74) is 7.28. The Hall–Kier alpha value is -1.69. The van der Waals surface area contributed by atoms with Gasteiger partial charge in [-0.1, -0.05) is 19.1 Å². The zero-order valence-corrected chi connectivity index (χ0v) is 8.45. The van der Waals surface area contributed by atoms with Crippen LogP contribution in [0.15, 0.2) is 18.2 Å². The normalized spacial score (nSPS) is 11.8. The highest BCUT2D eigenvalue weighted by Crippen LogP contribution is 2.26. The van der Waals surface area contributed by atoms with E-state index in [0.717, 1.165) is 5.56 Å². The van der Waals surface area contributed by atoms with Gasteiger partial charge in [0.15, 0.2) is 6.10 Å². The van der Waals surface area contributed by atoms with Crippen LogP contribution in [0.3, 0.4) is 0 Å². The van der Waals surface area contributed by atoms with Crippen LogP contribution >= 0.6 is 0 Å². The molecule has 0 fully saturated rings. The van der Waals surface area contributed by atoms with Crippen LogP contribution in [0.5, 0.6) is 5.75 Å². The summed E-state index contributed by atoms with van der Waals surface area (Å²) in [6.45, 7) is 3.82. The maximum atomic E-state index is 8.75. The Morgan fingerprint density at radius 3 is 2.79 bits per heavy atom. The van der Waals surface area contributed by atoms with Crippen LogP contribution in [0.1, 0.15) is 18.9 Å². The fourth-order valence-electron chi connectivity index (χ4n) is 1.18. The average Bonchev–Trinajstić information content (AvgIpc) is 2.18. The Labute approximate surface area is 84.1 Å². The Kier molecular flexibility index (Phi) is 3.35. The van der Waals surface area contributed by atoms with E-state index in [2.05, 4.69) is 6.07 Å². The summed E-state index contributed by atoms with van der Waals surface area (Å²) in [5.74, 6) is 0.626. The predicted molar refractivity (Wildman–Crippen MR) is 55.9 cm³/mol. The number of anilines is 1. The van der Waals surface area contributed by atoms with Gasteiger partial charge in [0.25, 0.3) is 0 Å². The number of hydrogen-bond acceptors (Lipinski definition) is 3. The van der Waals surface area contributed by atoms with E-state index in [9.17, 15) is 0 Å². The number of benzene rings is 1. The second-order valence-corrected chi connectivity index (χ2v) is 3.14. The minimum Gasteiger partial charge on any atom is -0.473 e. The molecule has 0 spiro atoms. The zero-order chi connectivity index (χ0) is 10.6. The Morgan fingerprint density at radius 1 is 1.57 bits per heavy atom. The topological polar surface area (TPSA) is 59.0 Å². The first kappa shape index (κ1) is 10.4. The third-order valence-corrected chi connectivity index (χ3v) is 2.02. The number of ether oxygens (including phenoxy) is 1. The molecule has 1 aromatic rings. The molecule has 0 aliphatic heterocycles. The Bertz CT molecular complexity index is 335. The predicted octanol–water partition coefficient (Wildman–Crippen LogP) is 2.26. The van der Waals surface area contributed by atoms with Crippen molar-refractivity contribution in [3.05, 3.63) is 23.8 Å². The molecule has 14 heavy (non-hydrogen) atoms. The van der Waals surface area contributed by atoms with E-state index >= 15 is 0 Å². The molecule has 1 aromatic carbocycles. The molecule has 74 valence electrons. The molecule has 0 radical (unpaired) electrons. The fourth-order valence-corrected chi connectivity index (χ4v) is 1.18. The van der Waals surface area contributed by atoms with E-state index in [-0.39, 0.29) is 0 Å². The molecular formula is C11H14N2O. The van der Waals surface area contributed by atoms with Crippen molar-refractivity contribution in [1.82, 2.24) is 0 Å². The quantitative estimate of drug-likeness (QED) is 0.744. The van der Waals surface area contributed by atoms with Gasteiger partial charge >= 0.3 is 0 Å². The van der Waals surface area contributed by atoms with Gasteiger partial charge in [-0.2, -0.15) is 5.26 Å². The van der Waals surface area contributed by atoms with E-state index in [0.29, 0.717) is 17.9 Å². The first-order chi connectivity index (χ1) is 6.69. The summed E-state index contributed by atoms with van der Waals surface area (Å²) in [5, 5.41) is 8.75. The summed E-state index contributed by atoms with van der Waals surface area (Å²) < 4.78 is 5.49. The summed E-state index contributed by atoms with van der Waals surface area (Å²) in [6, 6.07) is 7.63. The lowest BCUT2D eigenvalue weighted by Gasteiger charge is -2.14. The summed E-state index contributed by atoms with van der Waals surface area (Å²) >= 11 is 0. The highest BCUT2D eigenvalue weighted by molar-refractivity contribution is 5.56. The monoisotopic (exact) mass is 190 g/mol. The lowest BCUT2D eigenvalue weighted by atomic mass is 10.2. The molecule has 1 unspecified atom stereocenters. The minimum absolute atomic E-state index is 0.418. The van der Waals surface area contributed by atoms with Gasteiger partial charge in [-0.05, 0) is 25.0 Å². The molecule has 1 rings (SSSR count). The number of nitrogens with two attached hydrogens (primary N) is 1. The first-order valence-corrected chi connectivity index (χ1v) is 4.60. The number of nitrogen functional groups attached to an aromatic ring is 1. The van der Waals surface area contributed by atoms with Gasteiger partial charge in [-0.15, -0.1) is 0 Å². The van der Waals surface area contributed by atoms with Gasteiger partial charge in [0.05, 0.1) is 5.69 Å². The van der Waals surface area contributed by atoms with E-state index in [1.807, 2.05) is 26.0 Å². The molecule has 0 bridgehead atoms. The maximum absolute atomic E-state index is 8.75. The van der Waals surface area contributed by atoms with Crippen LogP contribution in [0.2, 0.25) is 0 Å². The van der Waals surface area contributed by atoms with Crippen molar-refractivity contribution in [2.75, 3.05) is 5.73 Å². The Morgan fingerprint density at radius 2 is 2.29 bits per heavy atom. The molecular weight excluding hydrogens is 176 g/mol. The Balaban J connectivity index is 2.91. The van der Waals surface area contributed by atoms with Crippen molar-refractivity contribution < 1.29 is 4.74 Å². The van der Waals surface area contributed by atoms with Crippen LogP contribution in [-0.2, 0) is 0 Å². The SMILES string of the molecule is CCC(C#N)Oc1c(C)cccc1N. The number of aryl methyl sites for hydroxylation is 1. The third kappa shape index (κ3) is 2.17. The molecule has 0 saturated carbocycles. The summed E-state index contributed by atoms with van der Waals surface area (Å²) in [6.07, 6.45) is 0.239. The lowest BCUT2D eigenvalue weighted by molar-refractivity contribution is 0.252. The highest BCUT2D eigenvalue weighted by Gasteiger charge is 2.10. The van der Waals surface area contributed by atoms with Crippen molar-refractivity contribution >= 4 is 5.69 Å². The molecule has 0 amide bonds. The van der Waals surface area contributed by atoms with Crippen LogP contribution in [0.25, 0.3) is 0 Å². The molecule has 3 heteroatoms. The van der Waals surface area contributed by atoms with Crippen molar-refractivity contribution in [2.45, 2.75) is 26.4 Å². The van der Waals surface area contributed by atoms with E-state index in [1.165, 1.54) is 0 Å². The number of hydrogen-bond donors (Lipinski definition) is 1. The van der Waals surface area contributed by atoms with Crippen LogP contribution in [0, 0.1) is 18.3 Å². The molecule has 0 aliphatic carbocycles. The maximum Gasteiger partial charge on any atom is 0.184 e. The smallest absolute Gasteiger partial charge is 0.184 e. The fraction of sp³-hybridized carbons (Fsp3) is 0.364. The summed E-state index contributed by atoms with van der Waals surface area (Å²) in [7, 11) is 0. The van der Waals surface area contributed by atoms with Crippen molar-refractivity contribution in [3.63, 3.8) is 0 Å². The molecule has 3 nitrogen and oxygen atoms in total. The van der Waals surface area contributed by atoms with Gasteiger partial charge in [0.2, 0.25) is 0 Å². The van der Waals surface area contributed by atoms with Gasteiger partial charge in [0, 0.05) is 0 Å². The second kappa shape index (κ2) is 4.52. The van der Waals surface area contributed by atoms with Gasteiger partial charge in [-0.25, -0.2) is 0 Å². The highest BCUT2D eigenvalue weighted by atomic mass is 16.5. The molecule has 0 saturated heterocycles. The minimum atomic E-state index is -0.418. The van der Waals surface area contributed by atoms with Crippen LogP contribution in [0.4, 0.5) is 5.69 Å². The number of rotatable bonds is 3. The van der Waals surface area contributed by atoms with Crippen LogP contribution < -0.4 is 10.5 Å². The van der Waals surface area contributed by atoms with E-state index < -0.39 is 6.10 Å². The first-order valence-electron chi connectivity index (χ1n) is 4.60. The second-order valence-electron chi connectivity index (χ2n) is 3.14. The van der Waals surface area contributed by atoms with Crippen molar-refractivity contribution in [3.8, 4) is 11.8 Å². The van der Waals surface area contributed by atoms with Crippen molar-refractivity contribution in [2.24, 2.45) is 0 Å². The largest absolute Gasteiger partial charge is 0.473 e.